The van der Waals surface area contributed by atoms with Crippen LogP contribution in [-0.4, -0.2) is 10.2 Å². The molecule has 0 atom stereocenters. The second-order valence-electron chi connectivity index (χ2n) is 5.51. The molecule has 4 rings (SSSR count). The van der Waals surface area contributed by atoms with Crippen LogP contribution in [0.25, 0.3) is 28.5 Å². The average Bonchev–Trinajstić information content (AvgIpc) is 3.14. The second-order valence-corrected chi connectivity index (χ2v) is 5.51. The van der Waals surface area contributed by atoms with Crippen molar-refractivity contribution in [1.82, 2.24) is 10.2 Å². The van der Waals surface area contributed by atoms with Crippen molar-refractivity contribution in [3.63, 3.8) is 0 Å². The second kappa shape index (κ2) is 6.05. The molecule has 0 radical (unpaired) electrons. The number of nitrogens with zero attached hydrogens (tertiary/aromatic N) is 2. The van der Waals surface area contributed by atoms with Gasteiger partial charge in [-0.3, -0.25) is 0 Å². The average molecular weight is 300 g/mol. The van der Waals surface area contributed by atoms with Gasteiger partial charge >= 0.3 is 0 Å². The maximum Gasteiger partial charge on any atom is 0.248 e. The van der Waals surface area contributed by atoms with Crippen LogP contribution in [0.1, 0.15) is 18.4 Å². The number of rotatable bonds is 3. The van der Waals surface area contributed by atoms with Gasteiger partial charge in [-0.25, -0.2) is 0 Å². The molecule has 0 saturated heterocycles. The van der Waals surface area contributed by atoms with E-state index in [2.05, 4.69) is 40.6 Å². The minimum Gasteiger partial charge on any atom is -0.416 e. The molecule has 0 saturated carbocycles. The fourth-order valence-electron chi connectivity index (χ4n) is 2.71. The zero-order valence-corrected chi connectivity index (χ0v) is 12.6. The van der Waals surface area contributed by atoms with Gasteiger partial charge in [-0.1, -0.05) is 48.6 Å². The third kappa shape index (κ3) is 2.86. The molecule has 3 aromatic rings. The largest absolute Gasteiger partial charge is 0.416 e. The number of allylic oxidation sites excluding steroid dienone is 4. The number of hydrogen-bond acceptors (Lipinski definition) is 3. The van der Waals surface area contributed by atoms with E-state index in [4.69, 9.17) is 4.42 Å². The summed E-state index contributed by atoms with van der Waals surface area (Å²) in [5.41, 5.74) is 4.49. The van der Waals surface area contributed by atoms with E-state index in [0.29, 0.717) is 11.8 Å². The zero-order valence-electron chi connectivity index (χ0n) is 12.6. The predicted molar refractivity (Wildman–Crippen MR) is 91.5 cm³/mol. The third-order valence-corrected chi connectivity index (χ3v) is 3.96. The third-order valence-electron chi connectivity index (χ3n) is 3.96. The van der Waals surface area contributed by atoms with E-state index in [-0.39, 0.29) is 0 Å². The van der Waals surface area contributed by atoms with Crippen LogP contribution < -0.4 is 0 Å². The zero-order chi connectivity index (χ0) is 15.5. The Morgan fingerprint density at radius 1 is 0.739 bits per heavy atom. The molecule has 2 aromatic carbocycles. The van der Waals surface area contributed by atoms with Crippen molar-refractivity contribution in [1.29, 1.82) is 0 Å². The summed E-state index contributed by atoms with van der Waals surface area (Å²) < 4.78 is 5.79. The highest BCUT2D eigenvalue weighted by molar-refractivity contribution is 5.70. The molecule has 0 spiro atoms. The van der Waals surface area contributed by atoms with Crippen LogP contribution in [-0.2, 0) is 0 Å². The van der Waals surface area contributed by atoms with Crippen molar-refractivity contribution in [2.24, 2.45) is 0 Å². The van der Waals surface area contributed by atoms with Crippen LogP contribution in [0.3, 0.4) is 0 Å². The van der Waals surface area contributed by atoms with E-state index < -0.39 is 0 Å². The fourth-order valence-corrected chi connectivity index (χ4v) is 2.71. The summed E-state index contributed by atoms with van der Waals surface area (Å²) in [6.07, 6.45) is 8.70. The van der Waals surface area contributed by atoms with Crippen LogP contribution in [0.2, 0.25) is 0 Å². The number of aromatic nitrogens is 2. The lowest BCUT2D eigenvalue weighted by molar-refractivity contribution is 0.584. The van der Waals surface area contributed by atoms with E-state index in [1.165, 1.54) is 11.1 Å². The molecular formula is C20H16N2O. The van der Waals surface area contributed by atoms with Gasteiger partial charge in [-0.05, 0) is 48.2 Å². The Balaban J connectivity index is 1.60. The van der Waals surface area contributed by atoms with E-state index in [1.54, 1.807) is 0 Å². The Hall–Kier alpha value is -2.94. The summed E-state index contributed by atoms with van der Waals surface area (Å²) in [5, 5.41) is 8.30. The lowest BCUT2D eigenvalue weighted by Crippen LogP contribution is -1.88. The molecule has 0 amide bonds. The maximum absolute atomic E-state index is 5.79. The lowest BCUT2D eigenvalue weighted by Gasteiger charge is -2.09. The predicted octanol–water partition coefficient (Wildman–Crippen LogP) is 5.14. The van der Waals surface area contributed by atoms with Crippen molar-refractivity contribution in [2.75, 3.05) is 0 Å². The highest BCUT2D eigenvalue weighted by atomic mass is 16.4. The quantitative estimate of drug-likeness (QED) is 0.672. The minimum absolute atomic E-state index is 0.546. The summed E-state index contributed by atoms with van der Waals surface area (Å²) in [6.45, 7) is 0. The first-order chi connectivity index (χ1) is 11.4. The molecule has 23 heavy (non-hydrogen) atoms. The molecule has 112 valence electrons. The molecule has 0 N–H and O–H groups in total. The Morgan fingerprint density at radius 3 is 2.04 bits per heavy atom. The van der Waals surface area contributed by atoms with Gasteiger partial charge < -0.3 is 4.42 Å². The monoisotopic (exact) mass is 300 g/mol. The molecule has 3 heteroatoms. The molecule has 1 aromatic heterocycles. The van der Waals surface area contributed by atoms with Crippen molar-refractivity contribution >= 4 is 5.57 Å². The van der Waals surface area contributed by atoms with Crippen LogP contribution in [0.5, 0.6) is 0 Å². The van der Waals surface area contributed by atoms with Gasteiger partial charge in [0.15, 0.2) is 0 Å². The summed E-state index contributed by atoms with van der Waals surface area (Å²) in [7, 11) is 0. The van der Waals surface area contributed by atoms with Gasteiger partial charge in [-0.2, -0.15) is 0 Å². The molecule has 0 aliphatic heterocycles. The first kappa shape index (κ1) is 13.7. The number of hydrogen-bond donors (Lipinski definition) is 0. The Labute approximate surface area is 135 Å². The smallest absolute Gasteiger partial charge is 0.248 e. The van der Waals surface area contributed by atoms with Gasteiger partial charge in [0.2, 0.25) is 11.8 Å². The van der Waals surface area contributed by atoms with Crippen molar-refractivity contribution in [3.05, 3.63) is 78.4 Å². The molecule has 1 aliphatic carbocycles. The van der Waals surface area contributed by atoms with Gasteiger partial charge in [0.05, 0.1) is 0 Å². The van der Waals surface area contributed by atoms with Gasteiger partial charge in [-0.15, -0.1) is 10.2 Å². The standard InChI is InChI=1S/C20H16N2O/c1-3-7-15(8-4-1)16-11-13-18(14-12-16)20-22-21-19(23-20)17-9-5-2-6-10-17/h1-3,5-7,9-14H,4,8H2. The Kier molecular flexibility index (Phi) is 3.60. The first-order valence-corrected chi connectivity index (χ1v) is 7.75. The van der Waals surface area contributed by atoms with Crippen LogP contribution in [0.4, 0.5) is 0 Å². The highest BCUT2D eigenvalue weighted by Crippen LogP contribution is 2.27. The van der Waals surface area contributed by atoms with E-state index in [9.17, 15) is 0 Å². The summed E-state index contributed by atoms with van der Waals surface area (Å²) in [6, 6.07) is 18.1. The van der Waals surface area contributed by atoms with Crippen LogP contribution in [0, 0.1) is 0 Å². The van der Waals surface area contributed by atoms with Crippen molar-refractivity contribution in [3.8, 4) is 22.9 Å². The fraction of sp³-hybridized carbons (Fsp3) is 0.100. The van der Waals surface area contributed by atoms with Gasteiger partial charge in [0, 0.05) is 11.1 Å². The normalized spacial score (nSPS) is 13.8. The van der Waals surface area contributed by atoms with E-state index in [1.807, 2.05) is 42.5 Å². The molecule has 0 bridgehead atoms. The van der Waals surface area contributed by atoms with Crippen LogP contribution >= 0.6 is 0 Å². The van der Waals surface area contributed by atoms with E-state index in [0.717, 1.165) is 24.0 Å². The topological polar surface area (TPSA) is 38.9 Å². The maximum atomic E-state index is 5.79. The molecule has 3 nitrogen and oxygen atoms in total. The Bertz CT molecular complexity index is 858. The molecule has 1 heterocycles. The summed E-state index contributed by atoms with van der Waals surface area (Å²) >= 11 is 0. The van der Waals surface area contributed by atoms with Gasteiger partial charge in [0.25, 0.3) is 0 Å². The number of benzene rings is 2. The molecule has 0 unspecified atom stereocenters. The highest BCUT2D eigenvalue weighted by Gasteiger charge is 2.11. The SMILES string of the molecule is C1=CCCC(c2ccc(-c3nnc(-c4ccccc4)o3)cc2)=C1. The first-order valence-electron chi connectivity index (χ1n) is 7.75. The summed E-state index contributed by atoms with van der Waals surface area (Å²) in [4.78, 5) is 0. The van der Waals surface area contributed by atoms with Crippen LogP contribution in [0.15, 0.2) is 77.2 Å². The lowest BCUT2D eigenvalue weighted by atomic mass is 9.97. The molecular weight excluding hydrogens is 284 g/mol. The van der Waals surface area contributed by atoms with Crippen molar-refractivity contribution in [2.45, 2.75) is 12.8 Å². The van der Waals surface area contributed by atoms with Gasteiger partial charge in [0.1, 0.15) is 0 Å². The molecule has 1 aliphatic rings. The summed E-state index contributed by atoms with van der Waals surface area (Å²) in [5.74, 6) is 1.10. The molecule has 0 fully saturated rings. The Morgan fingerprint density at radius 2 is 1.39 bits per heavy atom. The minimum atomic E-state index is 0.546. The van der Waals surface area contributed by atoms with Crippen molar-refractivity contribution < 1.29 is 4.42 Å². The van der Waals surface area contributed by atoms with E-state index >= 15 is 0 Å².